The third-order valence-corrected chi connectivity index (χ3v) is 5.84. The topological polar surface area (TPSA) is 24.5 Å². The van der Waals surface area contributed by atoms with Crippen molar-refractivity contribution in [1.82, 2.24) is 10.2 Å². The van der Waals surface area contributed by atoms with E-state index in [-0.39, 0.29) is 11.3 Å². The van der Waals surface area contributed by atoms with Crippen LogP contribution in [0.1, 0.15) is 58.8 Å². The number of ether oxygens (including phenoxy) is 1. The molecule has 2 unspecified atom stereocenters. The van der Waals surface area contributed by atoms with Crippen LogP contribution in [-0.2, 0) is 4.74 Å². The van der Waals surface area contributed by atoms with E-state index in [1.165, 1.54) is 32.1 Å². The number of hydrogen-bond donors (Lipinski definition) is 1. The molecule has 1 spiro atoms. The summed E-state index contributed by atoms with van der Waals surface area (Å²) in [5.41, 5.74) is 0.128. The molecule has 0 amide bonds. The van der Waals surface area contributed by atoms with Crippen LogP contribution in [0.15, 0.2) is 0 Å². The number of rotatable bonds is 2. The zero-order chi connectivity index (χ0) is 12.8. The molecule has 3 nitrogen and oxygen atoms in total. The summed E-state index contributed by atoms with van der Waals surface area (Å²) in [6, 6.07) is 1.47. The second-order valence-electron chi connectivity index (χ2n) is 6.62. The van der Waals surface area contributed by atoms with Crippen LogP contribution in [0.5, 0.6) is 0 Å². The molecule has 2 atom stereocenters. The molecule has 3 aliphatic heterocycles. The summed E-state index contributed by atoms with van der Waals surface area (Å²) < 4.78 is 6.69. The zero-order valence-electron chi connectivity index (χ0n) is 12.2. The second-order valence-corrected chi connectivity index (χ2v) is 6.62. The minimum atomic E-state index is -0.0113. The van der Waals surface area contributed by atoms with Crippen molar-refractivity contribution in [2.45, 2.75) is 82.2 Å². The van der Waals surface area contributed by atoms with E-state index < -0.39 is 0 Å². The second kappa shape index (κ2) is 4.46. The van der Waals surface area contributed by atoms with Gasteiger partial charge in [0.2, 0.25) is 0 Å². The Morgan fingerprint density at radius 3 is 2.33 bits per heavy atom. The first-order chi connectivity index (χ1) is 8.62. The predicted octanol–water partition coefficient (Wildman–Crippen LogP) is 2.51. The lowest BCUT2D eigenvalue weighted by Gasteiger charge is -2.53. The Kier molecular flexibility index (Phi) is 3.20. The van der Waals surface area contributed by atoms with Gasteiger partial charge in [0, 0.05) is 31.5 Å². The van der Waals surface area contributed by atoms with Gasteiger partial charge in [-0.25, -0.2) is 0 Å². The smallest absolute Gasteiger partial charge is 0.122 e. The monoisotopic (exact) mass is 252 g/mol. The van der Waals surface area contributed by atoms with E-state index in [1.54, 1.807) is 0 Å². The molecule has 0 aromatic heterocycles. The summed E-state index contributed by atoms with van der Waals surface area (Å²) >= 11 is 0. The van der Waals surface area contributed by atoms with Gasteiger partial charge < -0.3 is 9.64 Å². The van der Waals surface area contributed by atoms with Crippen LogP contribution in [0.3, 0.4) is 0 Å². The summed E-state index contributed by atoms with van der Waals surface area (Å²) in [7, 11) is 2.30. The van der Waals surface area contributed by atoms with Crippen molar-refractivity contribution in [3.63, 3.8) is 0 Å². The molecular weight excluding hydrogens is 224 g/mol. The molecule has 3 heterocycles. The molecule has 1 N–H and O–H groups in total. The molecule has 3 fully saturated rings. The Bertz CT molecular complexity index is 300. The van der Waals surface area contributed by atoms with Crippen molar-refractivity contribution in [1.29, 1.82) is 0 Å². The van der Waals surface area contributed by atoms with Gasteiger partial charge >= 0.3 is 0 Å². The summed E-state index contributed by atoms with van der Waals surface area (Å²) in [5, 5.41) is 3.73. The summed E-state index contributed by atoms with van der Waals surface area (Å²) in [5.74, 6) is 0. The number of fused-ring (bicyclic) bond motifs is 2. The fourth-order valence-electron chi connectivity index (χ4n) is 4.42. The van der Waals surface area contributed by atoms with Crippen LogP contribution in [0, 0.1) is 0 Å². The molecule has 3 saturated heterocycles. The van der Waals surface area contributed by atoms with Gasteiger partial charge in [-0.05, 0) is 39.2 Å². The molecule has 18 heavy (non-hydrogen) atoms. The summed E-state index contributed by atoms with van der Waals surface area (Å²) in [6.07, 6.45) is 8.56. The maximum atomic E-state index is 6.69. The van der Waals surface area contributed by atoms with Crippen LogP contribution in [0.4, 0.5) is 0 Å². The van der Waals surface area contributed by atoms with Crippen molar-refractivity contribution < 1.29 is 4.74 Å². The first-order valence-corrected chi connectivity index (χ1v) is 7.79. The highest BCUT2D eigenvalue weighted by atomic mass is 16.5. The molecule has 0 saturated carbocycles. The summed E-state index contributed by atoms with van der Waals surface area (Å²) in [4.78, 5) is 2.59. The summed E-state index contributed by atoms with van der Waals surface area (Å²) in [6.45, 7) is 5.70. The number of piperidine rings is 1. The molecular formula is C15H28N2O. The third kappa shape index (κ3) is 1.91. The largest absolute Gasteiger partial charge is 0.354 e. The van der Waals surface area contributed by atoms with E-state index in [0.717, 1.165) is 31.5 Å². The van der Waals surface area contributed by atoms with E-state index in [0.29, 0.717) is 0 Å². The highest BCUT2D eigenvalue weighted by Gasteiger charge is 2.52. The van der Waals surface area contributed by atoms with E-state index in [4.69, 9.17) is 4.74 Å². The normalized spacial score (nSPS) is 43.5. The van der Waals surface area contributed by atoms with Gasteiger partial charge in [0.1, 0.15) is 5.72 Å². The molecule has 0 aromatic rings. The van der Waals surface area contributed by atoms with Crippen LogP contribution >= 0.6 is 0 Å². The molecule has 3 heteroatoms. The van der Waals surface area contributed by atoms with Crippen molar-refractivity contribution >= 4 is 0 Å². The van der Waals surface area contributed by atoms with Gasteiger partial charge in [-0.15, -0.1) is 0 Å². The Morgan fingerprint density at radius 1 is 1.17 bits per heavy atom. The van der Waals surface area contributed by atoms with Gasteiger partial charge in [-0.3, -0.25) is 5.32 Å². The van der Waals surface area contributed by atoms with Crippen molar-refractivity contribution in [2.24, 2.45) is 0 Å². The highest BCUT2D eigenvalue weighted by molar-refractivity contribution is 5.04. The molecule has 0 radical (unpaired) electrons. The van der Waals surface area contributed by atoms with Crippen molar-refractivity contribution in [2.75, 3.05) is 13.6 Å². The molecule has 0 aromatic carbocycles. The molecule has 104 valence electrons. The fourth-order valence-corrected chi connectivity index (χ4v) is 4.42. The molecule has 3 rings (SSSR count). The number of nitrogens with zero attached hydrogens (tertiary/aromatic N) is 1. The third-order valence-electron chi connectivity index (χ3n) is 5.84. The quantitative estimate of drug-likeness (QED) is 0.817. The average Bonchev–Trinajstić information content (AvgIpc) is 2.63. The number of hydrogen-bond acceptors (Lipinski definition) is 3. The average molecular weight is 252 g/mol. The van der Waals surface area contributed by atoms with Crippen molar-refractivity contribution in [3.8, 4) is 0 Å². The lowest BCUT2D eigenvalue weighted by Crippen LogP contribution is -2.65. The molecule has 0 aliphatic carbocycles. The lowest BCUT2D eigenvalue weighted by atomic mass is 9.85. The zero-order valence-corrected chi connectivity index (χ0v) is 12.2. The van der Waals surface area contributed by atoms with Crippen LogP contribution in [-0.4, -0.2) is 41.9 Å². The molecule has 3 aliphatic rings. The maximum absolute atomic E-state index is 6.69. The maximum Gasteiger partial charge on any atom is 0.122 e. The fraction of sp³-hybridized carbons (Fsp3) is 1.00. The molecule has 2 bridgehead atoms. The van der Waals surface area contributed by atoms with Crippen LogP contribution in [0.2, 0.25) is 0 Å². The van der Waals surface area contributed by atoms with Crippen LogP contribution < -0.4 is 5.32 Å². The van der Waals surface area contributed by atoms with E-state index in [2.05, 4.69) is 31.1 Å². The Balaban J connectivity index is 1.79. The first kappa shape index (κ1) is 12.9. The van der Waals surface area contributed by atoms with Crippen LogP contribution in [0.25, 0.3) is 0 Å². The lowest BCUT2D eigenvalue weighted by molar-refractivity contribution is -0.228. The highest BCUT2D eigenvalue weighted by Crippen LogP contribution is 2.45. The van der Waals surface area contributed by atoms with Gasteiger partial charge in [0.15, 0.2) is 0 Å². The minimum Gasteiger partial charge on any atom is -0.354 e. The van der Waals surface area contributed by atoms with Gasteiger partial charge in [-0.2, -0.15) is 0 Å². The Morgan fingerprint density at radius 2 is 1.78 bits per heavy atom. The standard InChI is InChI=1S/C15H28N2O/c1-4-14(5-2)8-9-16-15(18-14)10-12-6-7-13(11-15)17(12)3/h12-13,16H,4-11H2,1-3H3. The first-order valence-electron chi connectivity index (χ1n) is 7.79. The minimum absolute atomic E-state index is 0.0113. The Hall–Kier alpha value is -0.120. The van der Waals surface area contributed by atoms with Crippen molar-refractivity contribution in [3.05, 3.63) is 0 Å². The SMILES string of the molecule is CCC1(CC)CCNC2(CC3CCC(C2)N3C)O1. The van der Waals surface area contributed by atoms with Gasteiger partial charge in [0.05, 0.1) is 5.60 Å². The predicted molar refractivity (Wildman–Crippen MR) is 73.6 cm³/mol. The van der Waals surface area contributed by atoms with E-state index >= 15 is 0 Å². The number of nitrogens with one attached hydrogen (secondary N) is 1. The van der Waals surface area contributed by atoms with E-state index in [9.17, 15) is 0 Å². The van der Waals surface area contributed by atoms with E-state index in [1.807, 2.05) is 0 Å². The Labute approximate surface area is 111 Å². The van der Waals surface area contributed by atoms with Gasteiger partial charge in [0.25, 0.3) is 0 Å². The van der Waals surface area contributed by atoms with Gasteiger partial charge in [-0.1, -0.05) is 13.8 Å².